The van der Waals surface area contributed by atoms with Gasteiger partial charge in [-0.25, -0.2) is 0 Å². The first-order chi connectivity index (χ1) is 9.01. The number of amides is 1. The molecule has 0 aliphatic carbocycles. The molecule has 0 spiro atoms. The summed E-state index contributed by atoms with van der Waals surface area (Å²) in [5, 5.41) is 16.4. The lowest BCUT2D eigenvalue weighted by atomic mass is 10.2. The zero-order valence-electron chi connectivity index (χ0n) is 10.8. The van der Waals surface area contributed by atoms with Gasteiger partial charge in [-0.05, 0) is 31.5 Å². The van der Waals surface area contributed by atoms with Gasteiger partial charge in [0.25, 0.3) is 5.91 Å². The predicted octanol–water partition coefficient (Wildman–Crippen LogP) is 1.75. The van der Waals surface area contributed by atoms with Gasteiger partial charge in [0.05, 0.1) is 5.69 Å². The van der Waals surface area contributed by atoms with Crippen molar-refractivity contribution in [3.05, 3.63) is 35.5 Å². The van der Waals surface area contributed by atoms with Crippen molar-refractivity contribution in [1.29, 1.82) is 0 Å². The van der Waals surface area contributed by atoms with Gasteiger partial charge in [0.15, 0.2) is 0 Å². The van der Waals surface area contributed by atoms with Gasteiger partial charge < -0.3 is 16.2 Å². The fraction of sp³-hybridized carbons (Fsp3) is 0.231. The van der Waals surface area contributed by atoms with Crippen molar-refractivity contribution in [2.75, 3.05) is 11.1 Å². The first-order valence-electron chi connectivity index (χ1n) is 5.95. The Bertz CT molecular complexity index is 619. The third-order valence-electron chi connectivity index (χ3n) is 2.73. The summed E-state index contributed by atoms with van der Waals surface area (Å²) in [6.07, 6.45) is 0. The molecule has 0 saturated heterocycles. The molecule has 2 aromatic rings. The molecule has 0 aliphatic heterocycles. The van der Waals surface area contributed by atoms with Crippen LogP contribution in [0.4, 0.5) is 11.5 Å². The molecule has 1 aromatic carbocycles. The Hall–Kier alpha value is -2.50. The van der Waals surface area contributed by atoms with E-state index in [1.807, 2.05) is 13.8 Å². The smallest absolute Gasteiger partial charge is 0.274 e. The van der Waals surface area contributed by atoms with E-state index in [1.165, 1.54) is 10.7 Å². The molecular weight excluding hydrogens is 244 g/mol. The zero-order valence-corrected chi connectivity index (χ0v) is 10.8. The van der Waals surface area contributed by atoms with Crippen LogP contribution in [0.15, 0.2) is 24.3 Å². The molecule has 1 amide bonds. The minimum absolute atomic E-state index is 0.0314. The van der Waals surface area contributed by atoms with Crippen molar-refractivity contribution in [2.24, 2.45) is 0 Å². The Labute approximate surface area is 110 Å². The number of carbonyl (C=O) groups is 1. The SMILES string of the molecule is CCn1nc(N)cc1C(=O)Nc1ccc(C)cc1O. The minimum atomic E-state index is -0.356. The second-order valence-electron chi connectivity index (χ2n) is 4.24. The number of nitrogens with zero attached hydrogens (tertiary/aromatic N) is 2. The molecule has 100 valence electrons. The molecule has 4 N–H and O–H groups in total. The lowest BCUT2D eigenvalue weighted by Gasteiger charge is -2.08. The fourth-order valence-corrected chi connectivity index (χ4v) is 1.79. The second kappa shape index (κ2) is 5.01. The summed E-state index contributed by atoms with van der Waals surface area (Å²) in [6.45, 7) is 4.27. The molecule has 0 bridgehead atoms. The van der Waals surface area contributed by atoms with Crippen LogP contribution < -0.4 is 11.1 Å². The molecule has 6 nitrogen and oxygen atoms in total. The van der Waals surface area contributed by atoms with E-state index < -0.39 is 0 Å². The fourth-order valence-electron chi connectivity index (χ4n) is 1.79. The van der Waals surface area contributed by atoms with Gasteiger partial charge in [0, 0.05) is 12.6 Å². The van der Waals surface area contributed by atoms with E-state index in [0.29, 0.717) is 23.7 Å². The molecular formula is C13H16N4O2. The van der Waals surface area contributed by atoms with Gasteiger partial charge in [0.1, 0.15) is 17.3 Å². The third-order valence-corrected chi connectivity index (χ3v) is 2.73. The second-order valence-corrected chi connectivity index (χ2v) is 4.24. The highest BCUT2D eigenvalue weighted by Gasteiger charge is 2.15. The number of carbonyl (C=O) groups excluding carboxylic acids is 1. The zero-order chi connectivity index (χ0) is 14.0. The Morgan fingerprint density at radius 3 is 2.84 bits per heavy atom. The van der Waals surface area contributed by atoms with E-state index in [2.05, 4.69) is 10.4 Å². The minimum Gasteiger partial charge on any atom is -0.506 e. The lowest BCUT2D eigenvalue weighted by molar-refractivity contribution is 0.101. The summed E-state index contributed by atoms with van der Waals surface area (Å²) in [6, 6.07) is 6.55. The van der Waals surface area contributed by atoms with Crippen molar-refractivity contribution in [3.63, 3.8) is 0 Å². The van der Waals surface area contributed by atoms with Gasteiger partial charge in [-0.1, -0.05) is 6.07 Å². The number of hydrogen-bond donors (Lipinski definition) is 3. The summed E-state index contributed by atoms with van der Waals surface area (Å²) in [5.74, 6) is -0.0331. The highest BCUT2D eigenvalue weighted by molar-refractivity contribution is 6.04. The van der Waals surface area contributed by atoms with Crippen molar-refractivity contribution in [3.8, 4) is 5.75 Å². The van der Waals surface area contributed by atoms with Crippen molar-refractivity contribution in [2.45, 2.75) is 20.4 Å². The molecule has 0 radical (unpaired) electrons. The highest BCUT2D eigenvalue weighted by atomic mass is 16.3. The van der Waals surface area contributed by atoms with Crippen molar-refractivity contribution in [1.82, 2.24) is 9.78 Å². The van der Waals surface area contributed by atoms with E-state index >= 15 is 0 Å². The van der Waals surface area contributed by atoms with Crippen LogP contribution in [0.25, 0.3) is 0 Å². The van der Waals surface area contributed by atoms with Crippen LogP contribution in [-0.4, -0.2) is 20.8 Å². The molecule has 0 unspecified atom stereocenters. The number of phenols is 1. The monoisotopic (exact) mass is 260 g/mol. The number of phenolic OH excluding ortho intramolecular Hbond substituents is 1. The molecule has 6 heteroatoms. The Kier molecular flexibility index (Phi) is 3.41. The number of hydrogen-bond acceptors (Lipinski definition) is 4. The van der Waals surface area contributed by atoms with Gasteiger partial charge in [-0.15, -0.1) is 0 Å². The number of nitrogens with two attached hydrogens (primary N) is 1. The number of rotatable bonds is 3. The molecule has 19 heavy (non-hydrogen) atoms. The van der Waals surface area contributed by atoms with Crippen LogP contribution in [0.1, 0.15) is 23.0 Å². The summed E-state index contributed by atoms with van der Waals surface area (Å²) >= 11 is 0. The maximum Gasteiger partial charge on any atom is 0.274 e. The molecule has 0 fully saturated rings. The van der Waals surface area contributed by atoms with E-state index in [9.17, 15) is 9.90 Å². The number of nitrogen functional groups attached to an aromatic ring is 1. The first-order valence-corrected chi connectivity index (χ1v) is 5.95. The molecule has 2 rings (SSSR count). The number of anilines is 2. The maximum absolute atomic E-state index is 12.1. The standard InChI is InChI=1S/C13H16N4O2/c1-3-17-10(7-12(14)16-17)13(19)15-9-5-4-8(2)6-11(9)18/h4-7,18H,3H2,1-2H3,(H2,14,16)(H,15,19). The molecule has 1 heterocycles. The number of aryl methyl sites for hydroxylation is 2. The molecule has 0 atom stereocenters. The van der Waals surface area contributed by atoms with Crippen molar-refractivity contribution >= 4 is 17.4 Å². The summed E-state index contributed by atoms with van der Waals surface area (Å²) in [5.41, 5.74) is 7.21. The largest absolute Gasteiger partial charge is 0.506 e. The molecule has 0 aliphatic rings. The summed E-state index contributed by atoms with van der Waals surface area (Å²) in [4.78, 5) is 12.1. The lowest BCUT2D eigenvalue weighted by Crippen LogP contribution is -2.17. The first kappa shape index (κ1) is 12.9. The Morgan fingerprint density at radius 1 is 1.47 bits per heavy atom. The van der Waals surface area contributed by atoms with E-state index in [4.69, 9.17) is 5.73 Å². The average molecular weight is 260 g/mol. The topological polar surface area (TPSA) is 93.2 Å². The molecule has 1 aromatic heterocycles. The van der Waals surface area contributed by atoms with E-state index in [0.717, 1.165) is 5.56 Å². The number of aromatic nitrogens is 2. The third kappa shape index (κ3) is 2.67. The van der Waals surface area contributed by atoms with Gasteiger partial charge in [0.2, 0.25) is 0 Å². The number of benzene rings is 1. The number of aromatic hydroxyl groups is 1. The summed E-state index contributed by atoms with van der Waals surface area (Å²) in [7, 11) is 0. The van der Waals surface area contributed by atoms with Crippen molar-refractivity contribution < 1.29 is 9.90 Å². The van der Waals surface area contributed by atoms with Gasteiger partial charge in [-0.2, -0.15) is 5.10 Å². The van der Waals surface area contributed by atoms with Gasteiger partial charge >= 0.3 is 0 Å². The van der Waals surface area contributed by atoms with E-state index in [-0.39, 0.29) is 11.7 Å². The highest BCUT2D eigenvalue weighted by Crippen LogP contribution is 2.24. The van der Waals surface area contributed by atoms with Crippen LogP contribution >= 0.6 is 0 Å². The van der Waals surface area contributed by atoms with Crippen LogP contribution in [0.2, 0.25) is 0 Å². The normalized spacial score (nSPS) is 10.4. The van der Waals surface area contributed by atoms with Crippen LogP contribution in [-0.2, 0) is 6.54 Å². The Morgan fingerprint density at radius 2 is 2.21 bits per heavy atom. The van der Waals surface area contributed by atoms with Gasteiger partial charge in [-0.3, -0.25) is 9.48 Å². The van der Waals surface area contributed by atoms with Crippen LogP contribution in [0.5, 0.6) is 5.75 Å². The Balaban J connectivity index is 2.25. The number of nitrogens with one attached hydrogen (secondary N) is 1. The quantitative estimate of drug-likeness (QED) is 0.733. The van der Waals surface area contributed by atoms with Crippen LogP contribution in [0, 0.1) is 6.92 Å². The molecule has 0 saturated carbocycles. The summed E-state index contributed by atoms with van der Waals surface area (Å²) < 4.78 is 1.51. The van der Waals surface area contributed by atoms with Crippen LogP contribution in [0.3, 0.4) is 0 Å². The average Bonchev–Trinajstić information content (AvgIpc) is 2.74. The van der Waals surface area contributed by atoms with E-state index in [1.54, 1.807) is 18.2 Å². The maximum atomic E-state index is 12.1. The predicted molar refractivity (Wildman–Crippen MR) is 73.1 cm³/mol.